The van der Waals surface area contributed by atoms with Gasteiger partial charge in [0.2, 0.25) is 0 Å². The van der Waals surface area contributed by atoms with Crippen molar-refractivity contribution in [2.45, 2.75) is 122 Å². The summed E-state index contributed by atoms with van der Waals surface area (Å²) in [6.07, 6.45) is 14.2. The molecule has 2 saturated carbocycles. The zero-order valence-corrected chi connectivity index (χ0v) is 24.5. The van der Waals surface area contributed by atoms with Crippen LogP contribution in [0.25, 0.3) is 0 Å². The second-order valence-corrected chi connectivity index (χ2v) is 12.1. The highest BCUT2D eigenvalue weighted by Gasteiger charge is 2.23. The highest BCUT2D eigenvalue weighted by Crippen LogP contribution is 2.20. The van der Waals surface area contributed by atoms with E-state index in [9.17, 15) is 14.7 Å². The zero-order valence-electron chi connectivity index (χ0n) is 24.5. The Morgan fingerprint density at radius 3 is 1.90 bits per heavy atom. The summed E-state index contributed by atoms with van der Waals surface area (Å²) in [5, 5.41) is 16.4. The number of carbonyl (C=O) groups is 2. The van der Waals surface area contributed by atoms with Crippen LogP contribution in [0.5, 0.6) is 5.75 Å². The maximum Gasteiger partial charge on any atom is 0.408 e. The Kier molecular flexibility index (Phi) is 12.8. The monoisotopic (exact) mass is 552 g/mol. The van der Waals surface area contributed by atoms with E-state index in [4.69, 9.17) is 9.47 Å². The quantitative estimate of drug-likeness (QED) is 0.471. The molecule has 2 aromatic carbocycles. The number of rotatable bonds is 9. The van der Waals surface area contributed by atoms with E-state index in [0.29, 0.717) is 5.75 Å². The first kappa shape index (κ1) is 31.5. The number of nitrogens with one attached hydrogen (secondary N) is 1. The SMILES string of the molecule is C1CCC([NH2+]C2CCCCC2)CC1.CC(C)(C)Oc1ccc(CC(NC(=O)OCc2ccccc2)C(=O)[O-])cc1. The van der Waals surface area contributed by atoms with Gasteiger partial charge >= 0.3 is 6.09 Å². The van der Waals surface area contributed by atoms with Crippen molar-refractivity contribution >= 4 is 12.1 Å². The van der Waals surface area contributed by atoms with Crippen molar-refractivity contribution in [1.82, 2.24) is 5.32 Å². The number of nitrogens with two attached hydrogens (primary N) is 1. The summed E-state index contributed by atoms with van der Waals surface area (Å²) in [6, 6.07) is 17.0. The molecule has 0 aromatic heterocycles. The Labute approximate surface area is 240 Å². The number of hydrogen-bond acceptors (Lipinski definition) is 5. The van der Waals surface area contributed by atoms with Crippen molar-refractivity contribution in [2.75, 3.05) is 0 Å². The number of carboxylic acid groups (broad SMARTS) is 1. The normalized spacial score (nSPS) is 17.2. The molecule has 0 radical (unpaired) electrons. The van der Waals surface area contributed by atoms with Crippen LogP contribution in [-0.2, 0) is 22.6 Å². The summed E-state index contributed by atoms with van der Waals surface area (Å²) in [4.78, 5) is 23.2. The van der Waals surface area contributed by atoms with Gasteiger partial charge in [0.25, 0.3) is 0 Å². The Bertz CT molecular complexity index is 991. The first-order valence-corrected chi connectivity index (χ1v) is 15.0. The van der Waals surface area contributed by atoms with Crippen molar-refractivity contribution in [3.8, 4) is 5.75 Å². The molecular weight excluding hydrogens is 504 g/mol. The third-order valence-electron chi connectivity index (χ3n) is 7.42. The van der Waals surface area contributed by atoms with E-state index < -0.39 is 18.1 Å². The van der Waals surface area contributed by atoms with Gasteiger partial charge in [0.1, 0.15) is 18.0 Å². The molecule has 0 saturated heterocycles. The van der Waals surface area contributed by atoms with Crippen LogP contribution in [0.1, 0.15) is 96.1 Å². The van der Waals surface area contributed by atoms with Gasteiger partial charge in [0, 0.05) is 0 Å². The molecule has 0 aliphatic heterocycles. The van der Waals surface area contributed by atoms with Crippen LogP contribution < -0.4 is 20.5 Å². The Hall–Kier alpha value is -3.06. The molecule has 7 nitrogen and oxygen atoms in total. The van der Waals surface area contributed by atoms with Crippen LogP contribution in [0.3, 0.4) is 0 Å². The molecular formula is C33H48N2O5. The average Bonchev–Trinajstić information content (AvgIpc) is 2.94. The largest absolute Gasteiger partial charge is 0.548 e. The van der Waals surface area contributed by atoms with Gasteiger partial charge in [-0.15, -0.1) is 0 Å². The molecule has 0 bridgehead atoms. The number of carboxylic acids is 1. The van der Waals surface area contributed by atoms with Crippen molar-refractivity contribution in [2.24, 2.45) is 0 Å². The summed E-state index contributed by atoms with van der Waals surface area (Å²) >= 11 is 0. The highest BCUT2D eigenvalue weighted by molar-refractivity contribution is 5.78. The van der Waals surface area contributed by atoms with Gasteiger partial charge in [0.05, 0.1) is 24.1 Å². The van der Waals surface area contributed by atoms with Gasteiger partial charge in [-0.3, -0.25) is 0 Å². The van der Waals surface area contributed by atoms with E-state index in [1.807, 2.05) is 51.1 Å². The van der Waals surface area contributed by atoms with Crippen LogP contribution in [-0.4, -0.2) is 35.8 Å². The molecule has 7 heteroatoms. The van der Waals surface area contributed by atoms with Crippen molar-refractivity contribution in [3.05, 3.63) is 65.7 Å². The van der Waals surface area contributed by atoms with E-state index in [1.54, 1.807) is 24.3 Å². The molecule has 2 aliphatic rings. The summed E-state index contributed by atoms with van der Waals surface area (Å²) < 4.78 is 10.8. The average molecular weight is 553 g/mol. The van der Waals surface area contributed by atoms with Crippen molar-refractivity contribution in [3.63, 3.8) is 0 Å². The topological polar surface area (TPSA) is 104 Å². The fraction of sp³-hybridized carbons (Fsp3) is 0.576. The van der Waals surface area contributed by atoms with Crippen LogP contribution in [0.15, 0.2) is 54.6 Å². The van der Waals surface area contributed by atoms with Crippen LogP contribution in [0.4, 0.5) is 4.79 Å². The minimum Gasteiger partial charge on any atom is -0.548 e. The second kappa shape index (κ2) is 16.3. The fourth-order valence-electron chi connectivity index (χ4n) is 5.42. The molecule has 2 aromatic rings. The number of alkyl carbamates (subject to hydrolysis) is 1. The Balaban J connectivity index is 0.000000281. The first-order chi connectivity index (χ1) is 19.2. The molecule has 1 amide bonds. The van der Waals surface area contributed by atoms with Crippen molar-refractivity contribution in [1.29, 1.82) is 0 Å². The predicted molar refractivity (Wildman–Crippen MR) is 155 cm³/mol. The number of carbonyl (C=O) groups excluding carboxylic acids is 2. The van der Waals surface area contributed by atoms with E-state index in [1.165, 1.54) is 64.2 Å². The number of aliphatic carboxylic acids is 1. The lowest BCUT2D eigenvalue weighted by molar-refractivity contribution is -0.725. The summed E-state index contributed by atoms with van der Waals surface area (Å²) in [7, 11) is 0. The number of quaternary nitrogens is 1. The molecule has 0 spiro atoms. The van der Waals surface area contributed by atoms with Gasteiger partial charge < -0.3 is 30.0 Å². The molecule has 40 heavy (non-hydrogen) atoms. The minimum atomic E-state index is -1.37. The van der Waals surface area contributed by atoms with Crippen LogP contribution in [0.2, 0.25) is 0 Å². The standard InChI is InChI=1S/C21H25NO5.C12H23N/c1-21(2,3)27-17-11-9-15(10-12-17)13-18(19(23)24)22-20(25)26-14-16-7-5-4-6-8-16;1-3-7-11(8-4-1)13-12-9-5-2-6-10-12/h4-12,18H,13-14H2,1-3H3,(H,22,25)(H,23,24);11-13H,1-10H2. The number of ether oxygens (including phenoxy) is 2. The Morgan fingerprint density at radius 1 is 0.850 bits per heavy atom. The van der Waals surface area contributed by atoms with Crippen LogP contribution in [0, 0.1) is 0 Å². The van der Waals surface area contributed by atoms with E-state index >= 15 is 0 Å². The summed E-state index contributed by atoms with van der Waals surface area (Å²) in [6.45, 7) is 5.89. The lowest BCUT2D eigenvalue weighted by Gasteiger charge is -2.27. The minimum absolute atomic E-state index is 0.0608. The second-order valence-electron chi connectivity index (χ2n) is 12.1. The summed E-state index contributed by atoms with van der Waals surface area (Å²) in [5.41, 5.74) is 1.22. The smallest absolute Gasteiger partial charge is 0.408 e. The fourth-order valence-corrected chi connectivity index (χ4v) is 5.42. The van der Waals surface area contributed by atoms with E-state index in [2.05, 4.69) is 10.6 Å². The van der Waals surface area contributed by atoms with Gasteiger partial charge in [0.15, 0.2) is 0 Å². The highest BCUT2D eigenvalue weighted by atomic mass is 16.5. The number of amides is 1. The molecule has 2 fully saturated rings. The van der Waals surface area contributed by atoms with E-state index in [0.717, 1.165) is 23.2 Å². The third-order valence-corrected chi connectivity index (χ3v) is 7.42. The van der Waals surface area contributed by atoms with Gasteiger partial charge in [-0.1, -0.05) is 55.3 Å². The molecule has 2 aliphatic carbocycles. The molecule has 3 N–H and O–H groups in total. The molecule has 1 unspecified atom stereocenters. The number of hydrogen-bond donors (Lipinski definition) is 2. The lowest BCUT2D eigenvalue weighted by Crippen LogP contribution is -2.95. The Morgan fingerprint density at radius 2 is 1.40 bits per heavy atom. The molecule has 4 rings (SSSR count). The molecule has 0 heterocycles. The first-order valence-electron chi connectivity index (χ1n) is 15.0. The molecule has 1 atom stereocenters. The maximum absolute atomic E-state index is 11.9. The van der Waals surface area contributed by atoms with Gasteiger partial charge in [-0.25, -0.2) is 4.79 Å². The van der Waals surface area contributed by atoms with Crippen LogP contribution >= 0.6 is 0 Å². The zero-order chi connectivity index (χ0) is 28.8. The van der Waals surface area contributed by atoms with E-state index in [-0.39, 0.29) is 18.6 Å². The maximum atomic E-state index is 11.9. The van der Waals surface area contributed by atoms with Gasteiger partial charge in [-0.05, 0) is 102 Å². The van der Waals surface area contributed by atoms with Gasteiger partial charge in [-0.2, -0.15) is 0 Å². The summed E-state index contributed by atoms with van der Waals surface area (Å²) in [5.74, 6) is -0.687. The number of benzene rings is 2. The van der Waals surface area contributed by atoms with Crippen molar-refractivity contribution < 1.29 is 29.5 Å². The third kappa shape index (κ3) is 12.4. The predicted octanol–water partition coefficient (Wildman–Crippen LogP) is 4.67. The molecule has 220 valence electrons. The lowest BCUT2D eigenvalue weighted by atomic mass is 9.91.